The molecule has 0 atom stereocenters. The molecule has 3 rings (SSSR count). The molecule has 26 heavy (non-hydrogen) atoms. The maximum Gasteiger partial charge on any atom is 0.123 e. The zero-order valence-electron chi connectivity index (χ0n) is 16.9. The monoisotopic (exact) mass is 356 g/mol. The summed E-state index contributed by atoms with van der Waals surface area (Å²) in [6.45, 7) is 9.47. The van der Waals surface area contributed by atoms with Gasteiger partial charge in [-0.15, -0.1) is 0 Å². The van der Waals surface area contributed by atoms with Crippen LogP contribution in [0.3, 0.4) is 0 Å². The summed E-state index contributed by atoms with van der Waals surface area (Å²) in [5, 5.41) is 4.53. The van der Waals surface area contributed by atoms with E-state index in [-0.39, 0.29) is 0 Å². The Bertz CT molecular complexity index is 747. The zero-order chi connectivity index (χ0) is 18.7. The number of methoxy groups -OCH3 is 1. The van der Waals surface area contributed by atoms with Crippen molar-refractivity contribution in [3.8, 4) is 5.75 Å². The van der Waals surface area contributed by atoms with Crippen molar-refractivity contribution in [3.05, 3.63) is 46.3 Å². The normalized spacial score (nSPS) is 15.2. The third kappa shape index (κ3) is 4.27. The van der Waals surface area contributed by atoms with Crippen molar-refractivity contribution in [2.24, 2.45) is 7.05 Å². The van der Waals surface area contributed by atoms with Gasteiger partial charge in [-0.3, -0.25) is 14.5 Å². The second kappa shape index (κ2) is 8.23. The number of hydrogen-bond donors (Lipinski definition) is 0. The molecule has 0 radical (unpaired) electrons. The lowest BCUT2D eigenvalue weighted by atomic mass is 10.1. The van der Waals surface area contributed by atoms with Gasteiger partial charge in [0.2, 0.25) is 0 Å². The smallest absolute Gasteiger partial charge is 0.123 e. The van der Waals surface area contributed by atoms with Gasteiger partial charge in [-0.1, -0.05) is 6.07 Å². The Balaban J connectivity index is 1.70. The average molecular weight is 357 g/mol. The van der Waals surface area contributed by atoms with Crippen molar-refractivity contribution in [2.75, 3.05) is 27.2 Å². The molecule has 1 aromatic heterocycles. The Kier molecular flexibility index (Phi) is 5.99. The molecule has 0 bridgehead atoms. The Labute approximate surface area is 157 Å². The summed E-state index contributed by atoms with van der Waals surface area (Å²) in [7, 11) is 5.96. The molecule has 0 amide bonds. The number of nitrogens with zero attached hydrogens (tertiary/aromatic N) is 4. The molecule has 1 saturated heterocycles. The number of aryl methyl sites for hydroxylation is 2. The molecular weight excluding hydrogens is 324 g/mol. The third-order valence-corrected chi connectivity index (χ3v) is 5.48. The minimum Gasteiger partial charge on any atom is -0.496 e. The van der Waals surface area contributed by atoms with E-state index in [0.29, 0.717) is 0 Å². The first-order chi connectivity index (χ1) is 12.5. The molecule has 1 aliphatic heterocycles. The second-order valence-corrected chi connectivity index (χ2v) is 7.57. The first kappa shape index (κ1) is 18.9. The van der Waals surface area contributed by atoms with Gasteiger partial charge in [0.15, 0.2) is 0 Å². The molecule has 1 fully saturated rings. The van der Waals surface area contributed by atoms with E-state index in [1.54, 1.807) is 7.11 Å². The van der Waals surface area contributed by atoms with Crippen LogP contribution in [-0.4, -0.2) is 46.8 Å². The first-order valence-corrected chi connectivity index (χ1v) is 9.53. The van der Waals surface area contributed by atoms with Gasteiger partial charge in [0.25, 0.3) is 0 Å². The Morgan fingerprint density at radius 2 is 1.88 bits per heavy atom. The first-order valence-electron chi connectivity index (χ1n) is 9.53. The van der Waals surface area contributed by atoms with Gasteiger partial charge >= 0.3 is 0 Å². The van der Waals surface area contributed by atoms with Crippen LogP contribution in [0, 0.1) is 13.8 Å². The molecule has 142 valence electrons. The van der Waals surface area contributed by atoms with Gasteiger partial charge in [-0.05, 0) is 64.5 Å². The summed E-state index contributed by atoms with van der Waals surface area (Å²) >= 11 is 0. The number of hydrogen-bond acceptors (Lipinski definition) is 4. The molecular formula is C21H32N4O. The minimum atomic E-state index is 0.916. The van der Waals surface area contributed by atoms with Crippen molar-refractivity contribution in [1.82, 2.24) is 19.6 Å². The van der Waals surface area contributed by atoms with Gasteiger partial charge in [-0.25, -0.2) is 0 Å². The summed E-state index contributed by atoms with van der Waals surface area (Å²) in [6.07, 6.45) is 2.63. The Morgan fingerprint density at radius 3 is 2.50 bits per heavy atom. The SMILES string of the molecule is COc1ccc(CN(C)Cc2c(C)nn(C)c2C)cc1CN1CCCC1. The van der Waals surface area contributed by atoms with Gasteiger partial charge in [0, 0.05) is 43.5 Å². The molecule has 2 heterocycles. The highest BCUT2D eigenvalue weighted by molar-refractivity contribution is 5.37. The fraction of sp³-hybridized carbons (Fsp3) is 0.571. The van der Waals surface area contributed by atoms with Crippen LogP contribution in [0.2, 0.25) is 0 Å². The molecule has 1 aromatic carbocycles. The third-order valence-electron chi connectivity index (χ3n) is 5.48. The van der Waals surface area contributed by atoms with Crippen LogP contribution >= 0.6 is 0 Å². The van der Waals surface area contributed by atoms with Gasteiger partial charge < -0.3 is 4.74 Å². The van der Waals surface area contributed by atoms with Crippen molar-refractivity contribution >= 4 is 0 Å². The van der Waals surface area contributed by atoms with Crippen molar-refractivity contribution in [3.63, 3.8) is 0 Å². The van der Waals surface area contributed by atoms with E-state index in [2.05, 4.69) is 54.0 Å². The summed E-state index contributed by atoms with van der Waals surface area (Å²) in [5.41, 5.74) is 6.34. The predicted molar refractivity (Wildman–Crippen MR) is 105 cm³/mol. The van der Waals surface area contributed by atoms with Crippen LogP contribution in [0.1, 0.15) is 40.9 Å². The van der Waals surface area contributed by atoms with E-state index in [1.165, 1.54) is 48.3 Å². The van der Waals surface area contributed by atoms with Gasteiger partial charge in [0.05, 0.1) is 12.8 Å². The quantitative estimate of drug-likeness (QED) is 0.762. The number of aromatic nitrogens is 2. The molecule has 1 aliphatic rings. The maximum absolute atomic E-state index is 5.59. The zero-order valence-corrected chi connectivity index (χ0v) is 16.9. The molecule has 0 aliphatic carbocycles. The predicted octanol–water partition coefficient (Wildman–Crippen LogP) is 3.27. The van der Waals surface area contributed by atoms with E-state index in [1.807, 2.05) is 11.7 Å². The summed E-state index contributed by atoms with van der Waals surface area (Å²) in [5.74, 6) is 1.00. The lowest BCUT2D eigenvalue weighted by Crippen LogP contribution is -2.20. The summed E-state index contributed by atoms with van der Waals surface area (Å²) in [6, 6.07) is 6.62. The Morgan fingerprint density at radius 1 is 1.15 bits per heavy atom. The maximum atomic E-state index is 5.59. The lowest BCUT2D eigenvalue weighted by molar-refractivity contribution is 0.312. The van der Waals surface area contributed by atoms with E-state index < -0.39 is 0 Å². The Hall–Kier alpha value is -1.85. The van der Waals surface area contributed by atoms with Crippen LogP contribution in [0.4, 0.5) is 0 Å². The minimum absolute atomic E-state index is 0.916. The van der Waals surface area contributed by atoms with Crippen LogP contribution in [0.5, 0.6) is 5.75 Å². The molecule has 0 N–H and O–H groups in total. The molecule has 2 aromatic rings. The number of benzene rings is 1. The van der Waals surface area contributed by atoms with Crippen LogP contribution in [0.25, 0.3) is 0 Å². The van der Waals surface area contributed by atoms with E-state index in [9.17, 15) is 0 Å². The molecule has 5 nitrogen and oxygen atoms in total. The highest BCUT2D eigenvalue weighted by atomic mass is 16.5. The highest BCUT2D eigenvalue weighted by Gasteiger charge is 2.16. The standard InChI is InChI=1S/C21H32N4O/c1-16-20(17(2)24(4)22-16)15-23(3)13-18-8-9-21(26-5)19(12-18)14-25-10-6-7-11-25/h8-9,12H,6-7,10-11,13-15H2,1-5H3. The highest BCUT2D eigenvalue weighted by Crippen LogP contribution is 2.24. The average Bonchev–Trinajstić information content (AvgIpc) is 3.19. The van der Waals surface area contributed by atoms with Gasteiger partial charge in [-0.2, -0.15) is 5.10 Å². The van der Waals surface area contributed by atoms with E-state index in [0.717, 1.165) is 31.1 Å². The number of rotatable bonds is 7. The topological polar surface area (TPSA) is 33.5 Å². The largest absolute Gasteiger partial charge is 0.496 e. The van der Waals surface area contributed by atoms with Crippen LogP contribution < -0.4 is 4.74 Å². The van der Waals surface area contributed by atoms with Crippen molar-refractivity contribution < 1.29 is 4.74 Å². The van der Waals surface area contributed by atoms with E-state index in [4.69, 9.17) is 4.74 Å². The fourth-order valence-corrected chi connectivity index (χ4v) is 3.92. The number of likely N-dealkylation sites (tertiary alicyclic amines) is 1. The van der Waals surface area contributed by atoms with Crippen LogP contribution in [0.15, 0.2) is 18.2 Å². The van der Waals surface area contributed by atoms with E-state index >= 15 is 0 Å². The number of ether oxygens (including phenoxy) is 1. The molecule has 0 unspecified atom stereocenters. The summed E-state index contributed by atoms with van der Waals surface area (Å²) < 4.78 is 7.57. The van der Waals surface area contributed by atoms with Gasteiger partial charge in [0.1, 0.15) is 5.75 Å². The molecule has 5 heteroatoms. The molecule has 0 spiro atoms. The van der Waals surface area contributed by atoms with Crippen molar-refractivity contribution in [1.29, 1.82) is 0 Å². The second-order valence-electron chi connectivity index (χ2n) is 7.57. The molecule has 0 saturated carbocycles. The van der Waals surface area contributed by atoms with Crippen molar-refractivity contribution in [2.45, 2.75) is 46.3 Å². The summed E-state index contributed by atoms with van der Waals surface area (Å²) in [4.78, 5) is 4.88. The lowest BCUT2D eigenvalue weighted by Gasteiger charge is -2.20. The fourth-order valence-electron chi connectivity index (χ4n) is 3.92. The van der Waals surface area contributed by atoms with Crippen LogP contribution in [-0.2, 0) is 26.7 Å².